The third-order valence-corrected chi connectivity index (χ3v) is 5.14. The number of hydrogen-bond donors (Lipinski definition) is 4. The van der Waals surface area contributed by atoms with Crippen molar-refractivity contribution < 1.29 is 27.9 Å². The maximum absolute atomic E-state index is 14.3. The Morgan fingerprint density at radius 3 is 2.53 bits per heavy atom. The van der Waals surface area contributed by atoms with Crippen molar-refractivity contribution in [1.82, 2.24) is 15.6 Å². The normalized spacial score (nSPS) is 18.6. The van der Waals surface area contributed by atoms with Gasteiger partial charge in [0.2, 0.25) is 11.8 Å². The number of amides is 2. The van der Waals surface area contributed by atoms with Crippen LogP contribution in [0.5, 0.6) is 0 Å². The van der Waals surface area contributed by atoms with Crippen LogP contribution >= 0.6 is 0 Å². The summed E-state index contributed by atoms with van der Waals surface area (Å²) in [4.78, 5) is 26.9. The number of aromatic nitrogens is 1. The van der Waals surface area contributed by atoms with Gasteiger partial charge in [0.25, 0.3) is 0 Å². The summed E-state index contributed by atoms with van der Waals surface area (Å²) in [5, 5.41) is 15.0. The summed E-state index contributed by atoms with van der Waals surface area (Å²) in [6.07, 6.45) is -1.01. The van der Waals surface area contributed by atoms with Gasteiger partial charge in [-0.05, 0) is 47.9 Å². The first-order valence-electron chi connectivity index (χ1n) is 9.34. The Balaban J connectivity index is 1.64. The number of aliphatic hydroxyl groups excluding tert-OH is 1. The van der Waals surface area contributed by atoms with Gasteiger partial charge in [0.05, 0.1) is 5.52 Å². The lowest BCUT2D eigenvalue weighted by molar-refractivity contribution is -0.128. The van der Waals surface area contributed by atoms with Crippen LogP contribution in [0, 0.1) is 17.5 Å². The average Bonchev–Trinajstić information content (AvgIpc) is 3.22. The molecule has 156 valence electrons. The summed E-state index contributed by atoms with van der Waals surface area (Å²) in [6.45, 7) is 0.0551. The van der Waals surface area contributed by atoms with E-state index < -0.39 is 41.4 Å². The van der Waals surface area contributed by atoms with E-state index in [9.17, 15) is 27.9 Å². The summed E-state index contributed by atoms with van der Waals surface area (Å²) in [7, 11) is 0. The van der Waals surface area contributed by atoms with E-state index in [0.717, 1.165) is 6.07 Å². The summed E-state index contributed by atoms with van der Waals surface area (Å²) < 4.78 is 41.4. The zero-order chi connectivity index (χ0) is 21.4. The maximum atomic E-state index is 14.3. The number of carbonyl (C=O) groups excluding carboxylic acids is 2. The number of aromatic amines is 1. The van der Waals surface area contributed by atoms with Crippen molar-refractivity contribution in [3.8, 4) is 11.3 Å². The van der Waals surface area contributed by atoms with E-state index in [1.165, 1.54) is 30.3 Å². The first kappa shape index (κ1) is 20.0. The van der Waals surface area contributed by atoms with Crippen LogP contribution in [0.3, 0.4) is 0 Å². The van der Waals surface area contributed by atoms with Crippen LogP contribution in [-0.2, 0) is 16.0 Å². The van der Waals surface area contributed by atoms with Crippen molar-refractivity contribution in [3.63, 3.8) is 0 Å². The van der Waals surface area contributed by atoms with Gasteiger partial charge < -0.3 is 20.7 Å². The first-order valence-corrected chi connectivity index (χ1v) is 9.34. The Kier molecular flexibility index (Phi) is 5.21. The minimum Gasteiger partial charge on any atom is -0.389 e. The quantitative estimate of drug-likeness (QED) is 0.513. The maximum Gasteiger partial charge on any atom is 0.245 e. The van der Waals surface area contributed by atoms with E-state index in [4.69, 9.17) is 0 Å². The van der Waals surface area contributed by atoms with Crippen molar-refractivity contribution in [3.05, 3.63) is 59.4 Å². The highest BCUT2D eigenvalue weighted by molar-refractivity contribution is 5.93. The van der Waals surface area contributed by atoms with Crippen molar-refractivity contribution >= 4 is 22.7 Å². The minimum atomic E-state index is -1.04. The molecule has 2 amide bonds. The molecular weight excluding hydrogens is 399 g/mol. The molecule has 0 radical (unpaired) electrons. The SMILES string of the molecule is O=C(CCc1c(-c2ccc(F)cc2)[nH]c2c(F)cc(F)cc12)N[C@@H]1C(=O)NC[C@H]1O. The molecule has 0 saturated carbocycles. The van der Waals surface area contributed by atoms with Gasteiger partial charge in [-0.1, -0.05) is 0 Å². The highest BCUT2D eigenvalue weighted by atomic mass is 19.1. The third kappa shape index (κ3) is 3.76. The molecular formula is C21H18F3N3O3. The predicted octanol–water partition coefficient (Wildman–Crippen LogP) is 2.16. The minimum absolute atomic E-state index is 0.0551. The summed E-state index contributed by atoms with van der Waals surface area (Å²) in [5.74, 6) is -2.95. The fourth-order valence-corrected chi connectivity index (χ4v) is 3.65. The predicted molar refractivity (Wildman–Crippen MR) is 103 cm³/mol. The second-order valence-electron chi connectivity index (χ2n) is 7.15. The lowest BCUT2D eigenvalue weighted by Crippen LogP contribution is -2.45. The molecule has 30 heavy (non-hydrogen) atoms. The lowest BCUT2D eigenvalue weighted by Gasteiger charge is -2.13. The standard InChI is InChI=1S/C21H18F3N3O3/c22-11-3-1-10(2-4-11)18-13(14-7-12(23)8-15(24)19(14)27-18)5-6-17(29)26-20-16(28)9-25-21(20)30/h1-4,7-8,16,20,27-28H,5-6,9H2,(H,25,30)(H,26,29)/t16-,20+/m1/s1. The molecule has 0 spiro atoms. The van der Waals surface area contributed by atoms with Crippen molar-refractivity contribution in [2.75, 3.05) is 6.54 Å². The molecule has 4 rings (SSSR count). The van der Waals surface area contributed by atoms with Gasteiger partial charge in [-0.3, -0.25) is 9.59 Å². The van der Waals surface area contributed by atoms with Crippen LogP contribution < -0.4 is 10.6 Å². The molecule has 0 unspecified atom stereocenters. The molecule has 9 heteroatoms. The molecule has 1 saturated heterocycles. The van der Waals surface area contributed by atoms with Crippen LogP contribution in [0.1, 0.15) is 12.0 Å². The molecule has 6 nitrogen and oxygen atoms in total. The average molecular weight is 417 g/mol. The summed E-state index contributed by atoms with van der Waals surface area (Å²) >= 11 is 0. The second kappa shape index (κ2) is 7.83. The Bertz CT molecular complexity index is 1130. The Morgan fingerprint density at radius 2 is 1.87 bits per heavy atom. The van der Waals surface area contributed by atoms with Crippen molar-refractivity contribution in [2.45, 2.75) is 25.0 Å². The van der Waals surface area contributed by atoms with Gasteiger partial charge >= 0.3 is 0 Å². The van der Waals surface area contributed by atoms with E-state index in [0.29, 0.717) is 16.8 Å². The zero-order valence-electron chi connectivity index (χ0n) is 15.6. The molecule has 4 N–H and O–H groups in total. The van der Waals surface area contributed by atoms with Gasteiger partial charge in [-0.25, -0.2) is 13.2 Å². The number of fused-ring (bicyclic) bond motifs is 1. The molecule has 1 aliphatic heterocycles. The number of β-amino-alcohol motifs (C(OH)–C–C–N with tert-alkyl or cyclic N) is 1. The number of halogens is 3. The van der Waals surface area contributed by atoms with Crippen LogP contribution in [0.4, 0.5) is 13.2 Å². The zero-order valence-corrected chi connectivity index (χ0v) is 15.6. The molecule has 1 aromatic heterocycles. The van der Waals surface area contributed by atoms with Crippen LogP contribution in [0.25, 0.3) is 22.2 Å². The molecule has 1 aliphatic rings. The highest BCUT2D eigenvalue weighted by Gasteiger charge is 2.34. The van der Waals surface area contributed by atoms with E-state index in [1.54, 1.807) is 0 Å². The van der Waals surface area contributed by atoms with Crippen LogP contribution in [0.15, 0.2) is 36.4 Å². The monoisotopic (exact) mass is 417 g/mol. The number of hydrogen-bond acceptors (Lipinski definition) is 3. The number of nitrogens with one attached hydrogen (secondary N) is 3. The third-order valence-electron chi connectivity index (χ3n) is 5.14. The summed E-state index contributed by atoms with van der Waals surface area (Å²) in [6, 6.07) is 6.37. The number of rotatable bonds is 5. The van der Waals surface area contributed by atoms with Crippen molar-refractivity contribution in [2.24, 2.45) is 0 Å². The van der Waals surface area contributed by atoms with Gasteiger partial charge in [-0.2, -0.15) is 0 Å². The largest absolute Gasteiger partial charge is 0.389 e. The van der Waals surface area contributed by atoms with Crippen LogP contribution in [0.2, 0.25) is 0 Å². The van der Waals surface area contributed by atoms with E-state index in [-0.39, 0.29) is 30.3 Å². The summed E-state index contributed by atoms with van der Waals surface area (Å²) in [5.41, 5.74) is 1.56. The topological polar surface area (TPSA) is 94.2 Å². The Hall–Kier alpha value is -3.33. The first-order chi connectivity index (χ1) is 14.3. The Labute approximate surface area is 169 Å². The van der Waals surface area contributed by atoms with Gasteiger partial charge in [0.1, 0.15) is 29.6 Å². The lowest BCUT2D eigenvalue weighted by atomic mass is 10.0. The Morgan fingerprint density at radius 1 is 1.13 bits per heavy atom. The molecule has 2 atom stereocenters. The number of benzene rings is 2. The molecule has 2 heterocycles. The molecule has 3 aromatic rings. The fraction of sp³-hybridized carbons (Fsp3) is 0.238. The number of carbonyl (C=O) groups is 2. The van der Waals surface area contributed by atoms with Gasteiger partial charge in [0.15, 0.2) is 0 Å². The van der Waals surface area contributed by atoms with Crippen molar-refractivity contribution in [1.29, 1.82) is 0 Å². The number of aryl methyl sites for hydroxylation is 1. The second-order valence-corrected chi connectivity index (χ2v) is 7.15. The van der Waals surface area contributed by atoms with E-state index in [2.05, 4.69) is 15.6 Å². The molecule has 1 fully saturated rings. The smallest absolute Gasteiger partial charge is 0.245 e. The molecule has 0 bridgehead atoms. The van der Waals surface area contributed by atoms with E-state index in [1.807, 2.05) is 0 Å². The molecule has 0 aliphatic carbocycles. The van der Waals surface area contributed by atoms with Crippen LogP contribution in [-0.4, -0.2) is 40.6 Å². The fourth-order valence-electron chi connectivity index (χ4n) is 3.65. The van der Waals surface area contributed by atoms with Gasteiger partial charge in [-0.15, -0.1) is 0 Å². The number of aliphatic hydroxyl groups is 1. The molecule has 2 aromatic carbocycles. The van der Waals surface area contributed by atoms with E-state index >= 15 is 0 Å². The highest BCUT2D eigenvalue weighted by Crippen LogP contribution is 2.33. The number of H-pyrrole nitrogens is 1. The van der Waals surface area contributed by atoms with Gasteiger partial charge in [0, 0.05) is 30.1 Å².